The minimum atomic E-state index is -0.376. The van der Waals surface area contributed by atoms with E-state index in [9.17, 15) is 10.1 Å². The fourth-order valence-electron chi connectivity index (χ4n) is 2.57. The Kier molecular flexibility index (Phi) is 4.85. The average molecular weight is 341 g/mol. The van der Waals surface area contributed by atoms with Crippen LogP contribution in [-0.2, 0) is 12.3 Å². The fraction of sp³-hybridized carbons (Fsp3) is 0.278. The molecule has 24 heavy (non-hydrogen) atoms. The van der Waals surface area contributed by atoms with Gasteiger partial charge in [0.2, 0.25) is 0 Å². The van der Waals surface area contributed by atoms with Gasteiger partial charge in [-0.15, -0.1) is 0 Å². The monoisotopic (exact) mass is 341 g/mol. The molecule has 0 saturated heterocycles. The Morgan fingerprint density at radius 2 is 1.88 bits per heavy atom. The Morgan fingerprint density at radius 3 is 2.54 bits per heavy atom. The summed E-state index contributed by atoms with van der Waals surface area (Å²) >= 11 is 1.66. The molecule has 0 aliphatic rings. The van der Waals surface area contributed by atoms with Crippen LogP contribution in [-0.4, -0.2) is 14.5 Å². The van der Waals surface area contributed by atoms with Crippen LogP contribution in [0.5, 0.6) is 0 Å². The molecule has 1 aromatic heterocycles. The molecule has 124 valence electrons. The second kappa shape index (κ2) is 7.05. The summed E-state index contributed by atoms with van der Waals surface area (Å²) in [5.41, 5.74) is 3.33. The third-order valence-electron chi connectivity index (χ3n) is 3.68. The van der Waals surface area contributed by atoms with Crippen LogP contribution in [0, 0.1) is 16.0 Å². The minimum absolute atomic E-state index is 0.121. The molecular weight excluding hydrogens is 322 g/mol. The third kappa shape index (κ3) is 3.59. The molecule has 0 N–H and O–H groups in total. The predicted octanol–water partition coefficient (Wildman–Crippen LogP) is 4.89. The fourth-order valence-corrected chi connectivity index (χ4v) is 3.55. The highest BCUT2D eigenvalue weighted by molar-refractivity contribution is 7.98. The van der Waals surface area contributed by atoms with Crippen molar-refractivity contribution >= 4 is 28.5 Å². The molecule has 0 fully saturated rings. The normalized spacial score (nSPS) is 11.3. The van der Waals surface area contributed by atoms with E-state index < -0.39 is 0 Å². The van der Waals surface area contributed by atoms with Gasteiger partial charge in [-0.25, -0.2) is 4.98 Å². The number of imidazole rings is 1. The Labute approximate surface area is 144 Å². The molecule has 0 atom stereocenters. The van der Waals surface area contributed by atoms with Gasteiger partial charge in [-0.1, -0.05) is 49.9 Å². The summed E-state index contributed by atoms with van der Waals surface area (Å²) in [6, 6.07) is 14.9. The van der Waals surface area contributed by atoms with E-state index in [1.807, 2.05) is 18.2 Å². The van der Waals surface area contributed by atoms with Crippen LogP contribution in [0.3, 0.4) is 0 Å². The molecule has 2 aromatic carbocycles. The Hall–Kier alpha value is -2.34. The van der Waals surface area contributed by atoms with Crippen LogP contribution in [0.4, 0.5) is 5.69 Å². The van der Waals surface area contributed by atoms with Gasteiger partial charge < -0.3 is 4.57 Å². The summed E-state index contributed by atoms with van der Waals surface area (Å²) in [4.78, 5) is 15.1. The van der Waals surface area contributed by atoms with Gasteiger partial charge in [-0.2, -0.15) is 0 Å². The quantitative estimate of drug-likeness (QED) is 0.364. The number of benzene rings is 2. The van der Waals surface area contributed by atoms with E-state index in [1.54, 1.807) is 36.0 Å². The molecule has 6 heteroatoms. The third-order valence-corrected chi connectivity index (χ3v) is 4.73. The highest BCUT2D eigenvalue weighted by Gasteiger charge is 2.12. The average Bonchev–Trinajstić information content (AvgIpc) is 2.90. The maximum absolute atomic E-state index is 10.7. The first-order valence-corrected chi connectivity index (χ1v) is 8.84. The van der Waals surface area contributed by atoms with Crippen LogP contribution >= 0.6 is 11.8 Å². The van der Waals surface area contributed by atoms with E-state index in [0.29, 0.717) is 5.92 Å². The molecule has 0 spiro atoms. The summed E-state index contributed by atoms with van der Waals surface area (Å²) in [6.45, 7) is 5.31. The van der Waals surface area contributed by atoms with Gasteiger partial charge in [0.05, 0.1) is 16.0 Å². The standard InChI is InChI=1S/C18H19N3O2S/c1-13(2)11-20-17-6-4-3-5-16(17)19-18(20)24-12-14-7-9-15(10-8-14)21(22)23/h3-10,13H,11-12H2,1-2H3. The van der Waals surface area contributed by atoms with Crippen LogP contribution in [0.15, 0.2) is 53.7 Å². The molecule has 0 bridgehead atoms. The molecule has 0 amide bonds. The first-order valence-electron chi connectivity index (χ1n) is 7.86. The van der Waals surface area contributed by atoms with Gasteiger partial charge in [0.1, 0.15) is 0 Å². The molecule has 3 aromatic rings. The van der Waals surface area contributed by atoms with Gasteiger partial charge in [0, 0.05) is 24.4 Å². The SMILES string of the molecule is CC(C)Cn1c(SCc2ccc([N+](=O)[O-])cc2)nc2ccccc21. The lowest BCUT2D eigenvalue weighted by Crippen LogP contribution is -2.05. The van der Waals surface area contributed by atoms with Gasteiger partial charge in [0.25, 0.3) is 5.69 Å². The Balaban J connectivity index is 1.82. The summed E-state index contributed by atoms with van der Waals surface area (Å²) in [6.07, 6.45) is 0. The first kappa shape index (κ1) is 16.5. The first-order chi connectivity index (χ1) is 11.5. The smallest absolute Gasteiger partial charge is 0.269 e. The molecule has 0 saturated carbocycles. The molecule has 0 aliphatic carbocycles. The van der Waals surface area contributed by atoms with E-state index in [2.05, 4.69) is 24.5 Å². The molecule has 1 heterocycles. The van der Waals surface area contributed by atoms with Crippen molar-refractivity contribution in [3.8, 4) is 0 Å². The maximum atomic E-state index is 10.7. The lowest BCUT2D eigenvalue weighted by Gasteiger charge is -2.11. The Bertz CT molecular complexity index is 856. The summed E-state index contributed by atoms with van der Waals surface area (Å²) in [5.74, 6) is 1.26. The number of nitro groups is 1. The number of aromatic nitrogens is 2. The van der Waals surface area contributed by atoms with Crippen molar-refractivity contribution in [1.29, 1.82) is 0 Å². The summed E-state index contributed by atoms with van der Waals surface area (Å²) < 4.78 is 2.26. The highest BCUT2D eigenvalue weighted by atomic mass is 32.2. The van der Waals surface area contributed by atoms with E-state index >= 15 is 0 Å². The van der Waals surface area contributed by atoms with Gasteiger partial charge in [0.15, 0.2) is 5.16 Å². The molecular formula is C18H19N3O2S. The van der Waals surface area contributed by atoms with Crippen molar-refractivity contribution in [3.05, 3.63) is 64.2 Å². The van der Waals surface area contributed by atoms with E-state index in [0.717, 1.165) is 34.1 Å². The van der Waals surface area contributed by atoms with Crippen molar-refractivity contribution in [3.63, 3.8) is 0 Å². The lowest BCUT2D eigenvalue weighted by molar-refractivity contribution is -0.384. The van der Waals surface area contributed by atoms with Gasteiger partial charge >= 0.3 is 0 Å². The molecule has 0 radical (unpaired) electrons. The second-order valence-electron chi connectivity index (χ2n) is 6.10. The van der Waals surface area contributed by atoms with Gasteiger partial charge in [-0.05, 0) is 23.6 Å². The zero-order valence-electron chi connectivity index (χ0n) is 13.7. The van der Waals surface area contributed by atoms with Crippen molar-refractivity contribution in [2.24, 2.45) is 5.92 Å². The van der Waals surface area contributed by atoms with Crippen molar-refractivity contribution in [2.75, 3.05) is 0 Å². The van der Waals surface area contributed by atoms with Gasteiger partial charge in [-0.3, -0.25) is 10.1 Å². The van der Waals surface area contributed by atoms with Crippen LogP contribution in [0.1, 0.15) is 19.4 Å². The topological polar surface area (TPSA) is 61.0 Å². The van der Waals surface area contributed by atoms with Crippen LogP contribution in [0.25, 0.3) is 11.0 Å². The number of nitrogens with zero attached hydrogens (tertiary/aromatic N) is 3. The van der Waals surface area contributed by atoms with Crippen molar-refractivity contribution in [2.45, 2.75) is 31.3 Å². The summed E-state index contributed by atoms with van der Waals surface area (Å²) in [5, 5.41) is 11.7. The largest absolute Gasteiger partial charge is 0.319 e. The van der Waals surface area contributed by atoms with E-state index in [1.165, 1.54) is 0 Å². The number of hydrogen-bond donors (Lipinski definition) is 0. The minimum Gasteiger partial charge on any atom is -0.319 e. The van der Waals surface area contributed by atoms with E-state index in [4.69, 9.17) is 4.98 Å². The number of nitro benzene ring substituents is 1. The molecule has 0 aliphatic heterocycles. The van der Waals surface area contributed by atoms with Crippen LogP contribution in [0.2, 0.25) is 0 Å². The molecule has 0 unspecified atom stereocenters. The number of thioether (sulfide) groups is 1. The zero-order chi connectivity index (χ0) is 17.1. The maximum Gasteiger partial charge on any atom is 0.269 e. The zero-order valence-corrected chi connectivity index (χ0v) is 14.5. The lowest BCUT2D eigenvalue weighted by atomic mass is 10.2. The number of para-hydroxylation sites is 2. The number of rotatable bonds is 6. The number of non-ortho nitro benzene ring substituents is 1. The van der Waals surface area contributed by atoms with Crippen molar-refractivity contribution < 1.29 is 4.92 Å². The number of fused-ring (bicyclic) bond motifs is 1. The van der Waals surface area contributed by atoms with Crippen molar-refractivity contribution in [1.82, 2.24) is 9.55 Å². The highest BCUT2D eigenvalue weighted by Crippen LogP contribution is 2.28. The van der Waals surface area contributed by atoms with E-state index in [-0.39, 0.29) is 10.6 Å². The number of hydrogen-bond acceptors (Lipinski definition) is 4. The summed E-state index contributed by atoms with van der Waals surface area (Å²) in [7, 11) is 0. The Morgan fingerprint density at radius 1 is 1.17 bits per heavy atom. The van der Waals surface area contributed by atoms with Crippen LogP contribution < -0.4 is 0 Å². The second-order valence-corrected chi connectivity index (χ2v) is 7.04. The molecule has 5 nitrogen and oxygen atoms in total. The molecule has 3 rings (SSSR count). The predicted molar refractivity (Wildman–Crippen MR) is 97.2 cm³/mol.